The molecule has 1 aromatic heterocycles. The first-order valence-corrected chi connectivity index (χ1v) is 27.7. The largest absolute Gasteiger partial charge is 0.506 e. The minimum Gasteiger partial charge on any atom is -0.506 e. The molecular weight excluding hydrogens is 1070 g/mol. The number of nitrogens with zero attached hydrogens (tertiary/aromatic N) is 6. The zero-order valence-corrected chi connectivity index (χ0v) is 45.1. The molecule has 6 N–H and O–H groups in total. The summed E-state index contributed by atoms with van der Waals surface area (Å²) in [7, 11) is 0. The molecular formula is C56H63N11O13S. The second-order valence-electron chi connectivity index (χ2n) is 19.1. The maximum atomic E-state index is 13.8. The van der Waals surface area contributed by atoms with Gasteiger partial charge in [-0.05, 0) is 73.4 Å². The van der Waals surface area contributed by atoms with Gasteiger partial charge in [-0.2, -0.15) is 16.9 Å². The number of hydroxylamine groups is 2. The van der Waals surface area contributed by atoms with E-state index in [0.29, 0.717) is 97.7 Å². The second-order valence-corrected chi connectivity index (χ2v) is 20.4. The smallest absolute Gasteiger partial charge is 0.363 e. The first kappa shape index (κ1) is 58.8. The number of aromatic hydroxyl groups is 1. The Hall–Kier alpha value is -8.39. The SMILES string of the molecule is O=C(CCCC[C@@H]1SC[C@@H]2NC(=O)N[C@@H]21)N[C@@H](Cc1cn(CCOCCOCCOCCNC(=O)c2ccc(C(=O)c3ccccc3)cc2)nn1)C(=O)NCCc1ccc(O)c(N=Nc2ccc(C(=O)ON3C(=O)CCC3=O)cc2)c1. The van der Waals surface area contributed by atoms with Crippen molar-refractivity contribution >= 4 is 70.5 Å². The Labute approximate surface area is 470 Å². The van der Waals surface area contributed by atoms with Crippen LogP contribution in [0.25, 0.3) is 0 Å². The highest BCUT2D eigenvalue weighted by molar-refractivity contribution is 8.00. The maximum absolute atomic E-state index is 13.8. The highest BCUT2D eigenvalue weighted by atomic mass is 32.2. The lowest BCUT2D eigenvalue weighted by molar-refractivity contribution is -0.172. The molecule has 0 saturated carbocycles. The normalized spacial score (nSPS) is 16.9. The van der Waals surface area contributed by atoms with Gasteiger partial charge in [0, 0.05) is 72.7 Å². The predicted octanol–water partition coefficient (Wildman–Crippen LogP) is 4.44. The zero-order chi connectivity index (χ0) is 56.9. The molecule has 0 spiro atoms. The average molecular weight is 1130 g/mol. The minimum absolute atomic E-state index is 0.0271. The number of rotatable bonds is 31. The summed E-state index contributed by atoms with van der Waals surface area (Å²) in [4.78, 5) is 105. The Morgan fingerprint density at radius 1 is 0.753 bits per heavy atom. The quantitative estimate of drug-likeness (QED) is 0.0117. The number of benzene rings is 4. The van der Waals surface area contributed by atoms with Gasteiger partial charge in [0.2, 0.25) is 11.8 Å². The van der Waals surface area contributed by atoms with E-state index in [2.05, 4.69) is 47.1 Å². The number of imide groups is 1. The molecule has 0 unspecified atom stereocenters. The fraction of sp³-hybridized carbons (Fsp3) is 0.393. The van der Waals surface area contributed by atoms with Crippen LogP contribution in [-0.2, 0) is 57.6 Å². The summed E-state index contributed by atoms with van der Waals surface area (Å²) < 4.78 is 18.5. The van der Waals surface area contributed by atoms with Crippen molar-refractivity contribution < 1.29 is 62.5 Å². The van der Waals surface area contributed by atoms with Gasteiger partial charge in [0.05, 0.1) is 75.2 Å². The van der Waals surface area contributed by atoms with Crippen LogP contribution in [-0.4, -0.2) is 154 Å². The monoisotopic (exact) mass is 1130 g/mol. The molecule has 4 atom stereocenters. The Bertz CT molecular complexity index is 3020. The summed E-state index contributed by atoms with van der Waals surface area (Å²) in [5, 5.41) is 42.6. The molecule has 3 fully saturated rings. The Kier molecular flexibility index (Phi) is 21.6. The van der Waals surface area contributed by atoms with Crippen LogP contribution in [0.2, 0.25) is 0 Å². The Morgan fingerprint density at radius 2 is 1.44 bits per heavy atom. The van der Waals surface area contributed by atoms with Crippen molar-refractivity contribution in [3.8, 4) is 5.75 Å². The van der Waals surface area contributed by atoms with Gasteiger partial charge in [-0.1, -0.05) is 60.2 Å². The Morgan fingerprint density at radius 3 is 2.20 bits per heavy atom. The molecule has 81 heavy (non-hydrogen) atoms. The number of nitrogens with one attached hydrogen (secondary N) is 5. The molecule has 3 saturated heterocycles. The van der Waals surface area contributed by atoms with Crippen molar-refractivity contribution in [3.63, 3.8) is 0 Å². The van der Waals surface area contributed by atoms with Crippen LogP contribution >= 0.6 is 11.8 Å². The number of phenols is 1. The van der Waals surface area contributed by atoms with Gasteiger partial charge >= 0.3 is 12.0 Å². The lowest BCUT2D eigenvalue weighted by atomic mass is 10.0. The van der Waals surface area contributed by atoms with Gasteiger partial charge in [-0.25, -0.2) is 14.3 Å². The molecule has 4 aromatic carbocycles. The predicted molar refractivity (Wildman–Crippen MR) is 293 cm³/mol. The molecule has 24 nitrogen and oxygen atoms in total. The van der Waals surface area contributed by atoms with Crippen LogP contribution in [0, 0.1) is 0 Å². The van der Waals surface area contributed by atoms with E-state index >= 15 is 0 Å². The number of hydrogen-bond acceptors (Lipinski definition) is 18. The van der Waals surface area contributed by atoms with E-state index in [1.165, 1.54) is 30.3 Å². The summed E-state index contributed by atoms with van der Waals surface area (Å²) >= 11 is 1.81. The third kappa shape index (κ3) is 17.6. The van der Waals surface area contributed by atoms with Crippen LogP contribution in [0.4, 0.5) is 16.2 Å². The van der Waals surface area contributed by atoms with Crippen LogP contribution in [0.5, 0.6) is 5.75 Å². The number of fused-ring (bicyclic) bond motifs is 1. The van der Waals surface area contributed by atoms with Crippen LogP contribution in [0.3, 0.4) is 0 Å². The van der Waals surface area contributed by atoms with Crippen molar-refractivity contribution in [1.82, 2.24) is 46.6 Å². The molecule has 0 aliphatic carbocycles. The number of unbranched alkanes of at least 4 members (excludes halogenated alkanes) is 1. The van der Waals surface area contributed by atoms with E-state index in [1.54, 1.807) is 71.5 Å². The average Bonchev–Trinajstić information content (AvgIpc) is 4.35. The molecule has 0 bridgehead atoms. The second kappa shape index (κ2) is 29.7. The van der Waals surface area contributed by atoms with E-state index in [0.717, 1.165) is 18.6 Å². The van der Waals surface area contributed by atoms with E-state index < -0.39 is 29.7 Å². The van der Waals surface area contributed by atoms with Gasteiger partial charge in [0.15, 0.2) is 5.78 Å². The molecule has 4 heterocycles. The standard InChI is InChI=1S/C56H63N11O13S/c68-46-19-10-36(32-43(46)64-62-41-17-15-40(16-18-41)55(75)80-67-49(70)20-21-50(67)71)22-23-57-54(74)44(59-48(69)9-5-4-8-47-51-45(35-81-47)60-56(76)61-51)33-42-34-66(65-63-42)25-27-78-29-31-79-30-28-77-26-24-58-53(73)39-13-11-38(12-14-39)52(72)37-6-2-1-3-7-37/h1-3,6-7,10-19,32,34,44-45,47,51,68H,4-5,8-9,20-31,33,35H2,(H,57,74)(H,58,73)(H,59,69)(H2,60,61,76)/t44-,45-,47-,51-/m0/s1. The fourth-order valence-electron chi connectivity index (χ4n) is 8.90. The van der Waals surface area contributed by atoms with Gasteiger partial charge in [0.25, 0.3) is 17.7 Å². The molecule has 426 valence electrons. The number of carbonyl (C=O) groups is 8. The van der Waals surface area contributed by atoms with Crippen molar-refractivity contribution in [2.45, 2.75) is 81.3 Å². The van der Waals surface area contributed by atoms with E-state index in [1.807, 2.05) is 17.8 Å². The van der Waals surface area contributed by atoms with Gasteiger partial charge in [0.1, 0.15) is 17.5 Å². The number of aromatic nitrogens is 3. The summed E-state index contributed by atoms with van der Waals surface area (Å²) in [5.74, 6) is -2.49. The molecule has 25 heteroatoms. The summed E-state index contributed by atoms with van der Waals surface area (Å²) in [5.41, 5.74) is 3.26. The number of carbonyl (C=O) groups excluding carboxylic acids is 8. The zero-order valence-electron chi connectivity index (χ0n) is 44.3. The first-order chi connectivity index (χ1) is 39.4. The number of amides is 7. The molecule has 3 aliphatic heterocycles. The number of ketones is 1. The van der Waals surface area contributed by atoms with Crippen molar-refractivity contribution in [3.05, 3.63) is 137 Å². The molecule has 5 aromatic rings. The fourth-order valence-corrected chi connectivity index (χ4v) is 10.4. The third-order valence-electron chi connectivity index (χ3n) is 13.2. The number of hydrogen-bond donors (Lipinski definition) is 6. The van der Waals surface area contributed by atoms with Crippen LogP contribution in [0.1, 0.15) is 86.4 Å². The molecule has 7 amide bonds. The maximum Gasteiger partial charge on any atom is 0.363 e. The highest BCUT2D eigenvalue weighted by Crippen LogP contribution is 2.33. The van der Waals surface area contributed by atoms with Crippen molar-refractivity contribution in [1.29, 1.82) is 0 Å². The Balaban J connectivity index is 0.739. The van der Waals surface area contributed by atoms with Crippen LogP contribution in [0.15, 0.2) is 113 Å². The summed E-state index contributed by atoms with van der Waals surface area (Å²) in [6.07, 6.45) is 4.43. The topological polar surface area (TPSA) is 313 Å². The van der Waals surface area contributed by atoms with Gasteiger partial charge in [-0.3, -0.25) is 28.8 Å². The van der Waals surface area contributed by atoms with Crippen LogP contribution < -0.4 is 26.6 Å². The lowest BCUT2D eigenvalue weighted by Crippen LogP contribution is -2.48. The van der Waals surface area contributed by atoms with E-state index in [-0.39, 0.29) is 96.8 Å². The first-order valence-electron chi connectivity index (χ1n) is 26.6. The van der Waals surface area contributed by atoms with E-state index in [4.69, 9.17) is 19.0 Å². The summed E-state index contributed by atoms with van der Waals surface area (Å²) in [6, 6.07) is 25.0. The number of thioether (sulfide) groups is 1. The highest BCUT2D eigenvalue weighted by Gasteiger charge is 2.42. The molecule has 0 radical (unpaired) electrons. The number of urea groups is 1. The molecule has 3 aliphatic rings. The van der Waals surface area contributed by atoms with Gasteiger partial charge in [-0.15, -0.1) is 15.3 Å². The van der Waals surface area contributed by atoms with Crippen molar-refractivity contribution in [2.75, 3.05) is 58.5 Å². The molecule has 8 rings (SSSR count). The van der Waals surface area contributed by atoms with E-state index in [9.17, 15) is 43.5 Å². The van der Waals surface area contributed by atoms with Crippen molar-refractivity contribution in [2.24, 2.45) is 10.2 Å². The summed E-state index contributed by atoms with van der Waals surface area (Å²) in [6.45, 7) is 2.72. The number of phenolic OH excluding ortho intramolecular Hbond substituents is 1. The minimum atomic E-state index is -0.977. The van der Waals surface area contributed by atoms with Gasteiger partial charge < -0.3 is 50.7 Å². The number of ether oxygens (including phenoxy) is 3. The third-order valence-corrected chi connectivity index (χ3v) is 14.7. The lowest BCUT2D eigenvalue weighted by Gasteiger charge is -2.18. The number of azo groups is 1.